The summed E-state index contributed by atoms with van der Waals surface area (Å²) in [4.78, 5) is 29.2. The largest absolute Gasteiger partial charge is 0.466 e. The van der Waals surface area contributed by atoms with Crippen LogP contribution in [0.25, 0.3) is 0 Å². The lowest BCUT2D eigenvalue weighted by atomic mass is 9.80. The molecule has 1 N–H and O–H groups in total. The molecule has 1 saturated carbocycles. The molecule has 34 heavy (non-hydrogen) atoms. The number of hydrogen-bond donors (Lipinski definition) is 1. The number of pyridine rings is 1. The van der Waals surface area contributed by atoms with E-state index in [0.717, 1.165) is 29.8 Å². The third-order valence-corrected chi connectivity index (χ3v) is 6.61. The first-order chi connectivity index (χ1) is 16.4. The highest BCUT2D eigenvalue weighted by atomic mass is 16.5. The molecular formula is C29H32N2O3. The Kier molecular flexibility index (Phi) is 7.41. The third-order valence-electron chi connectivity index (χ3n) is 6.61. The van der Waals surface area contributed by atoms with E-state index in [1.165, 1.54) is 11.1 Å². The maximum absolute atomic E-state index is 13.2. The van der Waals surface area contributed by atoms with Gasteiger partial charge in [0, 0.05) is 41.5 Å². The van der Waals surface area contributed by atoms with Crippen LogP contribution in [-0.4, -0.2) is 29.4 Å². The van der Waals surface area contributed by atoms with Crippen molar-refractivity contribution in [3.63, 3.8) is 0 Å². The normalized spacial score (nSPS) is 18.0. The molecule has 1 aliphatic rings. The maximum atomic E-state index is 13.2. The number of ether oxygens (including phenoxy) is 1. The van der Waals surface area contributed by atoms with Crippen molar-refractivity contribution in [2.45, 2.75) is 52.0 Å². The van der Waals surface area contributed by atoms with Gasteiger partial charge in [-0.25, -0.2) is 0 Å². The number of anilines is 1. The number of benzene rings is 2. The molecule has 0 bridgehead atoms. The van der Waals surface area contributed by atoms with Crippen molar-refractivity contribution >= 4 is 17.4 Å². The lowest BCUT2D eigenvalue weighted by molar-refractivity contribution is -0.151. The Bertz CT molecular complexity index is 1150. The fraction of sp³-hybridized carbons (Fsp3) is 0.345. The van der Waals surface area contributed by atoms with Crippen molar-refractivity contribution in [2.24, 2.45) is 5.92 Å². The van der Waals surface area contributed by atoms with Crippen molar-refractivity contribution in [3.05, 3.63) is 94.8 Å². The molecule has 0 aliphatic heterocycles. The van der Waals surface area contributed by atoms with E-state index in [4.69, 9.17) is 4.74 Å². The highest BCUT2D eigenvalue weighted by Gasteiger charge is 2.35. The van der Waals surface area contributed by atoms with Crippen LogP contribution in [0, 0.1) is 19.8 Å². The summed E-state index contributed by atoms with van der Waals surface area (Å²) >= 11 is 0. The van der Waals surface area contributed by atoms with Gasteiger partial charge in [-0.2, -0.15) is 0 Å². The summed E-state index contributed by atoms with van der Waals surface area (Å²) in [6.07, 6.45) is 3.68. The fourth-order valence-corrected chi connectivity index (χ4v) is 4.64. The van der Waals surface area contributed by atoms with Crippen molar-refractivity contribution in [1.29, 1.82) is 0 Å². The zero-order chi connectivity index (χ0) is 24.1. The summed E-state index contributed by atoms with van der Waals surface area (Å²) in [5, 5.41) is 3.51. The van der Waals surface area contributed by atoms with Gasteiger partial charge in [0.25, 0.3) is 0 Å². The zero-order valence-electron chi connectivity index (χ0n) is 20.1. The molecule has 5 nitrogen and oxygen atoms in total. The van der Waals surface area contributed by atoms with Gasteiger partial charge in [0.05, 0.1) is 12.5 Å². The second-order valence-electron chi connectivity index (χ2n) is 9.11. The Balaban J connectivity index is 1.49. The minimum Gasteiger partial charge on any atom is -0.466 e. The van der Waals surface area contributed by atoms with Crippen LogP contribution < -0.4 is 5.32 Å². The van der Waals surface area contributed by atoms with Crippen LogP contribution in [0.3, 0.4) is 0 Å². The van der Waals surface area contributed by atoms with Crippen molar-refractivity contribution in [1.82, 2.24) is 4.98 Å². The molecule has 0 spiro atoms. The average Bonchev–Trinajstić information content (AvgIpc) is 2.80. The van der Waals surface area contributed by atoms with Gasteiger partial charge in [-0.05, 0) is 74.6 Å². The number of nitrogens with zero attached hydrogens (tertiary/aromatic N) is 1. The SMILES string of the molecule is CCOC(=O)C1CC(Nc2ccc([C@@H](CC(=O)c3ccnc(C)c3)c3ccccc3C)cc2)C1. The number of ketones is 1. The summed E-state index contributed by atoms with van der Waals surface area (Å²) < 4.78 is 5.11. The Morgan fingerprint density at radius 3 is 2.47 bits per heavy atom. The number of carbonyl (C=O) groups is 2. The van der Waals surface area contributed by atoms with Crippen LogP contribution in [0.1, 0.15) is 64.8 Å². The van der Waals surface area contributed by atoms with Gasteiger partial charge in [0.1, 0.15) is 0 Å². The first-order valence-electron chi connectivity index (χ1n) is 12.0. The van der Waals surface area contributed by atoms with Crippen LogP contribution in [-0.2, 0) is 9.53 Å². The molecule has 4 rings (SSSR count). The molecule has 3 aromatic rings. The van der Waals surface area contributed by atoms with E-state index < -0.39 is 0 Å². The highest BCUT2D eigenvalue weighted by Crippen LogP contribution is 2.34. The van der Waals surface area contributed by atoms with Crippen LogP contribution in [0.15, 0.2) is 66.9 Å². The van der Waals surface area contributed by atoms with E-state index in [1.54, 1.807) is 12.3 Å². The summed E-state index contributed by atoms with van der Waals surface area (Å²) in [7, 11) is 0. The lowest BCUT2D eigenvalue weighted by Crippen LogP contribution is -2.40. The smallest absolute Gasteiger partial charge is 0.309 e. The lowest BCUT2D eigenvalue weighted by Gasteiger charge is -2.34. The second-order valence-corrected chi connectivity index (χ2v) is 9.11. The Morgan fingerprint density at radius 2 is 1.79 bits per heavy atom. The average molecular weight is 457 g/mol. The van der Waals surface area contributed by atoms with Gasteiger partial charge in [-0.1, -0.05) is 36.4 Å². The molecule has 0 amide bonds. The van der Waals surface area contributed by atoms with Gasteiger partial charge >= 0.3 is 5.97 Å². The molecule has 0 radical (unpaired) electrons. The number of aromatic nitrogens is 1. The van der Waals surface area contributed by atoms with E-state index in [0.29, 0.717) is 18.6 Å². The van der Waals surface area contributed by atoms with E-state index >= 15 is 0 Å². The topological polar surface area (TPSA) is 68.3 Å². The Labute approximate surface area is 201 Å². The van der Waals surface area contributed by atoms with Crippen LogP contribution >= 0.6 is 0 Å². The number of hydrogen-bond acceptors (Lipinski definition) is 5. The number of esters is 1. The van der Waals surface area contributed by atoms with E-state index in [9.17, 15) is 9.59 Å². The summed E-state index contributed by atoms with van der Waals surface area (Å²) in [5.41, 5.74) is 6.01. The Morgan fingerprint density at radius 1 is 1.06 bits per heavy atom. The van der Waals surface area contributed by atoms with Gasteiger partial charge in [-0.15, -0.1) is 0 Å². The molecule has 1 aliphatic carbocycles. The van der Waals surface area contributed by atoms with Gasteiger partial charge < -0.3 is 10.1 Å². The fourth-order valence-electron chi connectivity index (χ4n) is 4.64. The monoisotopic (exact) mass is 456 g/mol. The van der Waals surface area contributed by atoms with Gasteiger partial charge in [0.2, 0.25) is 0 Å². The van der Waals surface area contributed by atoms with Crippen molar-refractivity contribution < 1.29 is 14.3 Å². The molecule has 1 atom stereocenters. The van der Waals surface area contributed by atoms with E-state index in [2.05, 4.69) is 53.6 Å². The first-order valence-corrected chi connectivity index (χ1v) is 12.0. The number of Topliss-reactive ketones (excluding diaryl/α,β-unsaturated/α-hetero) is 1. The second kappa shape index (κ2) is 10.6. The first kappa shape index (κ1) is 23.7. The molecular weight excluding hydrogens is 424 g/mol. The molecule has 1 fully saturated rings. The maximum Gasteiger partial charge on any atom is 0.309 e. The predicted octanol–water partition coefficient (Wildman–Crippen LogP) is 5.86. The summed E-state index contributed by atoms with van der Waals surface area (Å²) in [5.74, 6) is -0.00966. The molecule has 1 heterocycles. The zero-order valence-corrected chi connectivity index (χ0v) is 20.1. The summed E-state index contributed by atoms with van der Waals surface area (Å²) in [6, 6.07) is 20.5. The molecule has 2 aromatic carbocycles. The van der Waals surface area contributed by atoms with Gasteiger partial charge in [0.15, 0.2) is 5.78 Å². The quantitative estimate of drug-likeness (QED) is 0.323. The van der Waals surface area contributed by atoms with Crippen LogP contribution in [0.4, 0.5) is 5.69 Å². The van der Waals surface area contributed by atoms with Crippen molar-refractivity contribution in [2.75, 3.05) is 11.9 Å². The van der Waals surface area contributed by atoms with Crippen molar-refractivity contribution in [3.8, 4) is 0 Å². The molecule has 5 heteroatoms. The third kappa shape index (κ3) is 5.53. The number of aryl methyl sites for hydroxylation is 2. The minimum absolute atomic E-state index is 0.00463. The highest BCUT2D eigenvalue weighted by molar-refractivity contribution is 5.96. The molecule has 1 aromatic heterocycles. The van der Waals surface area contributed by atoms with E-state index in [-0.39, 0.29) is 29.6 Å². The Hall–Kier alpha value is -3.47. The number of rotatable bonds is 9. The minimum atomic E-state index is -0.0916. The van der Waals surface area contributed by atoms with E-state index in [1.807, 2.05) is 32.0 Å². The number of nitrogens with one attached hydrogen (secondary N) is 1. The predicted molar refractivity (Wildman–Crippen MR) is 134 cm³/mol. The number of carbonyl (C=O) groups excluding carboxylic acids is 2. The van der Waals surface area contributed by atoms with Crippen LogP contribution in [0.5, 0.6) is 0 Å². The molecule has 0 unspecified atom stereocenters. The molecule has 0 saturated heterocycles. The molecule has 176 valence electrons. The standard InChI is InChI=1S/C29H32N2O3/c1-4-34-29(33)23-16-25(17-23)31-24-11-9-21(10-12-24)27(26-8-6-5-7-19(26)2)18-28(32)22-13-14-30-20(3)15-22/h5-15,23,25,27,31H,4,16-18H2,1-3H3/t23?,25?,27-/m1/s1. The van der Waals surface area contributed by atoms with Gasteiger partial charge in [-0.3, -0.25) is 14.6 Å². The van der Waals surface area contributed by atoms with Crippen LogP contribution in [0.2, 0.25) is 0 Å². The summed E-state index contributed by atoms with van der Waals surface area (Å²) in [6.45, 7) is 6.26.